The molecule has 0 radical (unpaired) electrons. The number of carbonyl (C=O) groups is 2. The van der Waals surface area contributed by atoms with Crippen molar-refractivity contribution < 1.29 is 19.1 Å². The van der Waals surface area contributed by atoms with E-state index in [2.05, 4.69) is 0 Å². The quantitative estimate of drug-likeness (QED) is 0.794. The summed E-state index contributed by atoms with van der Waals surface area (Å²) in [6.07, 6.45) is 2.37. The van der Waals surface area contributed by atoms with Crippen LogP contribution in [0.3, 0.4) is 0 Å². The molecule has 6 heteroatoms. The van der Waals surface area contributed by atoms with E-state index in [1.807, 2.05) is 23.1 Å². The van der Waals surface area contributed by atoms with Crippen molar-refractivity contribution in [3.05, 3.63) is 29.3 Å². The third-order valence-electron chi connectivity index (χ3n) is 4.37. The standard InChI is InChI=1S/C17H22N2O4/c1-22-17(21)19-8-3-7-18(9-10-19)16(20)14-5-6-15-13(12-14)4-2-11-23-15/h5-6,12H,2-4,7-11H2,1H3. The van der Waals surface area contributed by atoms with Crippen LogP contribution >= 0.6 is 0 Å². The lowest BCUT2D eigenvalue weighted by atomic mass is 10.0. The molecule has 23 heavy (non-hydrogen) atoms. The Kier molecular flexibility index (Phi) is 4.69. The number of amides is 2. The lowest BCUT2D eigenvalue weighted by Gasteiger charge is -2.23. The van der Waals surface area contributed by atoms with Gasteiger partial charge in [0.15, 0.2) is 0 Å². The zero-order valence-electron chi connectivity index (χ0n) is 13.4. The van der Waals surface area contributed by atoms with E-state index in [1.165, 1.54) is 7.11 Å². The molecule has 0 atom stereocenters. The van der Waals surface area contributed by atoms with Crippen LogP contribution in [-0.2, 0) is 11.2 Å². The predicted molar refractivity (Wildman–Crippen MR) is 84.8 cm³/mol. The Morgan fingerprint density at radius 3 is 2.70 bits per heavy atom. The fourth-order valence-electron chi connectivity index (χ4n) is 3.11. The van der Waals surface area contributed by atoms with Crippen molar-refractivity contribution in [3.8, 4) is 5.75 Å². The summed E-state index contributed by atoms with van der Waals surface area (Å²) in [5.74, 6) is 0.908. The number of aryl methyl sites for hydroxylation is 1. The molecule has 0 N–H and O–H groups in total. The number of methoxy groups -OCH3 is 1. The van der Waals surface area contributed by atoms with Crippen molar-refractivity contribution >= 4 is 12.0 Å². The number of benzene rings is 1. The number of fused-ring (bicyclic) bond motifs is 1. The van der Waals surface area contributed by atoms with Crippen molar-refractivity contribution in [2.75, 3.05) is 39.9 Å². The van der Waals surface area contributed by atoms with E-state index in [0.717, 1.165) is 37.2 Å². The summed E-state index contributed by atoms with van der Waals surface area (Å²) >= 11 is 0. The summed E-state index contributed by atoms with van der Waals surface area (Å²) in [5, 5.41) is 0. The fourth-order valence-corrected chi connectivity index (χ4v) is 3.11. The van der Waals surface area contributed by atoms with Gasteiger partial charge in [-0.3, -0.25) is 4.79 Å². The van der Waals surface area contributed by atoms with Gasteiger partial charge in [-0.1, -0.05) is 0 Å². The summed E-state index contributed by atoms with van der Waals surface area (Å²) < 4.78 is 10.4. The Bertz CT molecular complexity index is 602. The van der Waals surface area contributed by atoms with Gasteiger partial charge in [-0.25, -0.2) is 4.79 Å². The average molecular weight is 318 g/mol. The molecule has 0 saturated carbocycles. The third kappa shape index (κ3) is 3.41. The largest absolute Gasteiger partial charge is 0.493 e. The van der Waals surface area contributed by atoms with Gasteiger partial charge in [-0.05, 0) is 43.0 Å². The highest BCUT2D eigenvalue weighted by Crippen LogP contribution is 2.26. The summed E-state index contributed by atoms with van der Waals surface area (Å²) in [5.41, 5.74) is 1.80. The normalized spacial score (nSPS) is 17.8. The van der Waals surface area contributed by atoms with Gasteiger partial charge < -0.3 is 19.3 Å². The molecule has 2 heterocycles. The van der Waals surface area contributed by atoms with Gasteiger partial charge in [-0.2, -0.15) is 0 Å². The molecule has 2 aliphatic rings. The van der Waals surface area contributed by atoms with Crippen LogP contribution in [0.1, 0.15) is 28.8 Å². The molecule has 2 amide bonds. The molecule has 1 aromatic carbocycles. The van der Waals surface area contributed by atoms with Crippen LogP contribution in [0.5, 0.6) is 5.75 Å². The topological polar surface area (TPSA) is 59.1 Å². The molecule has 0 aliphatic carbocycles. The van der Waals surface area contributed by atoms with E-state index < -0.39 is 0 Å². The molecule has 124 valence electrons. The van der Waals surface area contributed by atoms with E-state index in [0.29, 0.717) is 31.7 Å². The second-order valence-electron chi connectivity index (χ2n) is 5.88. The Morgan fingerprint density at radius 2 is 1.87 bits per heavy atom. The molecule has 0 spiro atoms. The lowest BCUT2D eigenvalue weighted by molar-refractivity contribution is 0.0757. The molecule has 0 unspecified atom stereocenters. The number of ether oxygens (including phenoxy) is 2. The van der Waals surface area contributed by atoms with Crippen molar-refractivity contribution in [1.29, 1.82) is 0 Å². The van der Waals surface area contributed by atoms with E-state index in [9.17, 15) is 9.59 Å². The van der Waals surface area contributed by atoms with E-state index in [-0.39, 0.29) is 12.0 Å². The second-order valence-corrected chi connectivity index (χ2v) is 5.88. The van der Waals surface area contributed by atoms with E-state index in [1.54, 1.807) is 4.90 Å². The highest BCUT2D eigenvalue weighted by molar-refractivity contribution is 5.94. The minimum Gasteiger partial charge on any atom is -0.493 e. The lowest BCUT2D eigenvalue weighted by Crippen LogP contribution is -2.37. The molecule has 6 nitrogen and oxygen atoms in total. The first kappa shape index (κ1) is 15.6. The van der Waals surface area contributed by atoms with Crippen LogP contribution in [0, 0.1) is 0 Å². The molecule has 1 saturated heterocycles. The fraction of sp³-hybridized carbons (Fsp3) is 0.529. The summed E-state index contributed by atoms with van der Waals surface area (Å²) in [6.45, 7) is 3.05. The van der Waals surface area contributed by atoms with Gasteiger partial charge in [-0.15, -0.1) is 0 Å². The predicted octanol–water partition coefficient (Wildman–Crippen LogP) is 1.93. The molecule has 1 aromatic rings. The number of hydrogen-bond donors (Lipinski definition) is 0. The molecule has 1 fully saturated rings. The molecule has 2 aliphatic heterocycles. The Labute approximate surface area is 136 Å². The smallest absolute Gasteiger partial charge is 0.409 e. The molecule has 0 bridgehead atoms. The van der Waals surface area contributed by atoms with Gasteiger partial charge in [0.1, 0.15) is 5.75 Å². The van der Waals surface area contributed by atoms with Crippen LogP contribution in [0.25, 0.3) is 0 Å². The zero-order chi connectivity index (χ0) is 16.2. The number of hydrogen-bond acceptors (Lipinski definition) is 4. The number of rotatable bonds is 1. The van der Waals surface area contributed by atoms with Gasteiger partial charge in [0, 0.05) is 31.7 Å². The maximum Gasteiger partial charge on any atom is 0.409 e. The van der Waals surface area contributed by atoms with Gasteiger partial charge >= 0.3 is 6.09 Å². The maximum atomic E-state index is 12.7. The molecular formula is C17H22N2O4. The maximum absolute atomic E-state index is 12.7. The van der Waals surface area contributed by atoms with E-state index in [4.69, 9.17) is 9.47 Å². The SMILES string of the molecule is COC(=O)N1CCCN(C(=O)c2ccc3c(c2)CCCO3)CC1. The Morgan fingerprint density at radius 1 is 1.09 bits per heavy atom. The Hall–Kier alpha value is -2.24. The first-order chi connectivity index (χ1) is 11.2. The number of carbonyl (C=O) groups excluding carboxylic acids is 2. The second kappa shape index (κ2) is 6.89. The molecule has 0 aromatic heterocycles. The minimum absolute atomic E-state index is 0.0186. The Balaban J connectivity index is 1.69. The van der Waals surface area contributed by atoms with Crippen LogP contribution in [0.2, 0.25) is 0 Å². The van der Waals surface area contributed by atoms with Crippen molar-refractivity contribution in [1.82, 2.24) is 9.80 Å². The van der Waals surface area contributed by atoms with Crippen LogP contribution in [0.4, 0.5) is 4.79 Å². The van der Waals surface area contributed by atoms with Crippen LogP contribution in [-0.4, -0.2) is 61.7 Å². The van der Waals surface area contributed by atoms with Gasteiger partial charge in [0.05, 0.1) is 13.7 Å². The van der Waals surface area contributed by atoms with Gasteiger partial charge in [0.25, 0.3) is 5.91 Å². The van der Waals surface area contributed by atoms with Crippen molar-refractivity contribution in [3.63, 3.8) is 0 Å². The highest BCUT2D eigenvalue weighted by Gasteiger charge is 2.24. The summed E-state index contributed by atoms with van der Waals surface area (Å²) in [7, 11) is 1.38. The average Bonchev–Trinajstić information content (AvgIpc) is 2.86. The summed E-state index contributed by atoms with van der Waals surface area (Å²) in [4.78, 5) is 27.8. The van der Waals surface area contributed by atoms with Gasteiger partial charge in [0.2, 0.25) is 0 Å². The molecule has 3 rings (SSSR count). The monoisotopic (exact) mass is 318 g/mol. The van der Waals surface area contributed by atoms with Crippen LogP contribution < -0.4 is 4.74 Å². The zero-order valence-corrected chi connectivity index (χ0v) is 13.4. The van der Waals surface area contributed by atoms with E-state index >= 15 is 0 Å². The first-order valence-corrected chi connectivity index (χ1v) is 8.07. The minimum atomic E-state index is -0.328. The first-order valence-electron chi connectivity index (χ1n) is 8.07. The highest BCUT2D eigenvalue weighted by atomic mass is 16.5. The molecular weight excluding hydrogens is 296 g/mol. The summed E-state index contributed by atoms with van der Waals surface area (Å²) in [6, 6.07) is 5.66. The van der Waals surface area contributed by atoms with Crippen LogP contribution in [0.15, 0.2) is 18.2 Å². The van der Waals surface area contributed by atoms with Crippen molar-refractivity contribution in [2.45, 2.75) is 19.3 Å². The third-order valence-corrected chi connectivity index (χ3v) is 4.37. The van der Waals surface area contributed by atoms with Crippen molar-refractivity contribution in [2.24, 2.45) is 0 Å². The number of nitrogens with zero attached hydrogens (tertiary/aromatic N) is 2.